The van der Waals surface area contributed by atoms with Crippen LogP contribution in [0.3, 0.4) is 0 Å². The van der Waals surface area contributed by atoms with Gasteiger partial charge in [-0.15, -0.1) is 35.3 Å². The average molecular weight is 470 g/mol. The first-order chi connectivity index (χ1) is 11.7. The lowest BCUT2D eigenvalue weighted by molar-refractivity contribution is 0.725. The molecule has 0 aliphatic rings. The smallest absolute Gasteiger partial charge is 0.191 e. The van der Waals surface area contributed by atoms with Crippen molar-refractivity contribution in [2.75, 3.05) is 13.6 Å². The number of benzene rings is 1. The van der Waals surface area contributed by atoms with E-state index in [1.807, 2.05) is 24.4 Å². The second-order valence-electron chi connectivity index (χ2n) is 5.52. The first kappa shape index (κ1) is 19.6. The van der Waals surface area contributed by atoms with Crippen LogP contribution in [-0.2, 0) is 13.0 Å². The van der Waals surface area contributed by atoms with Gasteiger partial charge in [0.05, 0.1) is 17.6 Å². The Balaban J connectivity index is 0.00000225. The Hall–Kier alpha value is -1.68. The fourth-order valence-electron chi connectivity index (χ4n) is 2.45. The highest BCUT2D eigenvalue weighted by Crippen LogP contribution is 2.11. The molecule has 6 nitrogen and oxygen atoms in total. The number of para-hydroxylation sites is 2. The Kier molecular flexibility index (Phi) is 7.63. The molecule has 134 valence electrons. The third kappa shape index (κ3) is 5.67. The van der Waals surface area contributed by atoms with Gasteiger partial charge in [0.2, 0.25) is 0 Å². The van der Waals surface area contributed by atoms with E-state index >= 15 is 0 Å². The van der Waals surface area contributed by atoms with Gasteiger partial charge in [0.15, 0.2) is 5.96 Å². The predicted molar refractivity (Wildman–Crippen MR) is 115 cm³/mol. The molecule has 0 spiro atoms. The highest BCUT2D eigenvalue weighted by Gasteiger charge is 2.03. The number of fused-ring (bicyclic) bond motifs is 1. The van der Waals surface area contributed by atoms with Gasteiger partial charge in [-0.05, 0) is 25.5 Å². The molecule has 3 N–H and O–H groups in total. The Morgan fingerprint density at radius 2 is 2.12 bits per heavy atom. The maximum absolute atomic E-state index is 4.59. The van der Waals surface area contributed by atoms with Crippen LogP contribution in [0.25, 0.3) is 11.0 Å². The largest absolute Gasteiger partial charge is 0.356 e. The van der Waals surface area contributed by atoms with Crippen molar-refractivity contribution in [3.05, 3.63) is 46.2 Å². The zero-order chi connectivity index (χ0) is 16.8. The highest BCUT2D eigenvalue weighted by molar-refractivity contribution is 14.0. The average Bonchev–Trinajstić information content (AvgIpc) is 3.19. The van der Waals surface area contributed by atoms with Gasteiger partial charge in [-0.1, -0.05) is 12.1 Å². The van der Waals surface area contributed by atoms with E-state index in [1.165, 1.54) is 4.88 Å². The summed E-state index contributed by atoms with van der Waals surface area (Å²) < 4.78 is 0. The van der Waals surface area contributed by atoms with E-state index in [1.54, 1.807) is 18.4 Å². The normalized spacial score (nSPS) is 11.4. The summed E-state index contributed by atoms with van der Waals surface area (Å²) in [6, 6.07) is 8.11. The number of halogens is 1. The minimum Gasteiger partial charge on any atom is -0.356 e. The Morgan fingerprint density at radius 1 is 1.28 bits per heavy atom. The van der Waals surface area contributed by atoms with Gasteiger partial charge >= 0.3 is 0 Å². The van der Waals surface area contributed by atoms with Crippen LogP contribution in [0.1, 0.15) is 22.1 Å². The van der Waals surface area contributed by atoms with Crippen LogP contribution in [0.4, 0.5) is 0 Å². The SMILES string of the molecule is CN=C(NCCCc1nc2ccccc2[nH]1)NCc1ncc(C)s1.I. The van der Waals surface area contributed by atoms with E-state index in [9.17, 15) is 0 Å². The Labute approximate surface area is 168 Å². The van der Waals surface area contributed by atoms with E-state index in [-0.39, 0.29) is 24.0 Å². The highest BCUT2D eigenvalue weighted by atomic mass is 127. The van der Waals surface area contributed by atoms with Crippen molar-refractivity contribution in [2.24, 2.45) is 4.99 Å². The molecule has 0 radical (unpaired) electrons. The first-order valence-corrected chi connectivity index (χ1v) is 8.85. The van der Waals surface area contributed by atoms with E-state index in [0.717, 1.165) is 47.2 Å². The molecular weight excluding hydrogens is 447 g/mol. The second kappa shape index (κ2) is 9.71. The topological polar surface area (TPSA) is 78.0 Å². The molecule has 2 aromatic heterocycles. The molecule has 0 aliphatic carbocycles. The molecule has 3 aromatic rings. The maximum atomic E-state index is 4.59. The van der Waals surface area contributed by atoms with Gasteiger partial charge < -0.3 is 15.6 Å². The summed E-state index contributed by atoms with van der Waals surface area (Å²) in [5, 5.41) is 7.67. The molecule has 3 rings (SSSR count). The monoisotopic (exact) mass is 470 g/mol. The predicted octanol–water partition coefficient (Wildman–Crippen LogP) is 3.24. The number of aryl methyl sites for hydroxylation is 2. The van der Waals surface area contributed by atoms with Crippen LogP contribution in [0.5, 0.6) is 0 Å². The minimum absolute atomic E-state index is 0. The van der Waals surface area contributed by atoms with Crippen molar-refractivity contribution in [2.45, 2.75) is 26.3 Å². The first-order valence-electron chi connectivity index (χ1n) is 8.04. The third-order valence-corrected chi connectivity index (χ3v) is 4.53. The molecule has 1 aromatic carbocycles. The summed E-state index contributed by atoms with van der Waals surface area (Å²) in [4.78, 5) is 17.7. The molecule has 0 atom stereocenters. The molecule has 0 amide bonds. The van der Waals surface area contributed by atoms with Crippen molar-refractivity contribution < 1.29 is 0 Å². The van der Waals surface area contributed by atoms with Crippen LogP contribution >= 0.6 is 35.3 Å². The lowest BCUT2D eigenvalue weighted by atomic mass is 10.3. The number of aromatic amines is 1. The summed E-state index contributed by atoms with van der Waals surface area (Å²) >= 11 is 1.70. The third-order valence-electron chi connectivity index (χ3n) is 3.62. The van der Waals surface area contributed by atoms with Crippen molar-refractivity contribution in [3.8, 4) is 0 Å². The number of aromatic nitrogens is 3. The molecule has 0 fully saturated rings. The van der Waals surface area contributed by atoms with Gasteiger partial charge in [-0.3, -0.25) is 4.99 Å². The Morgan fingerprint density at radius 3 is 2.84 bits per heavy atom. The van der Waals surface area contributed by atoms with Crippen molar-refractivity contribution in [1.82, 2.24) is 25.6 Å². The molecule has 0 aliphatic heterocycles. The molecular formula is C17H23IN6S. The number of rotatable bonds is 6. The fourth-order valence-corrected chi connectivity index (χ4v) is 3.18. The summed E-state index contributed by atoms with van der Waals surface area (Å²) in [6.07, 6.45) is 3.78. The number of thiazole rings is 1. The number of aliphatic imine (C=N–C) groups is 1. The van der Waals surface area contributed by atoms with Crippen LogP contribution in [-0.4, -0.2) is 34.5 Å². The van der Waals surface area contributed by atoms with Crippen LogP contribution in [0, 0.1) is 6.92 Å². The van der Waals surface area contributed by atoms with E-state index in [0.29, 0.717) is 6.54 Å². The van der Waals surface area contributed by atoms with Crippen LogP contribution in [0.2, 0.25) is 0 Å². The number of imidazole rings is 1. The van der Waals surface area contributed by atoms with Gasteiger partial charge in [0, 0.05) is 31.1 Å². The molecule has 2 heterocycles. The van der Waals surface area contributed by atoms with Crippen molar-refractivity contribution in [1.29, 1.82) is 0 Å². The molecule has 0 saturated heterocycles. The van der Waals surface area contributed by atoms with E-state index in [4.69, 9.17) is 0 Å². The summed E-state index contributed by atoms with van der Waals surface area (Å²) in [5.74, 6) is 1.83. The quantitative estimate of drug-likeness (QED) is 0.224. The standard InChI is InChI=1S/C17H22N6S.HI/c1-12-10-20-16(24-12)11-21-17(18-2)19-9-5-8-15-22-13-6-3-4-7-14(13)23-15;/h3-4,6-7,10H,5,8-9,11H2,1-2H3,(H,22,23)(H2,18,19,21);1H. The minimum atomic E-state index is 0. The lowest BCUT2D eigenvalue weighted by Gasteiger charge is -2.10. The summed E-state index contributed by atoms with van der Waals surface area (Å²) in [5.41, 5.74) is 2.12. The van der Waals surface area contributed by atoms with Crippen molar-refractivity contribution in [3.63, 3.8) is 0 Å². The van der Waals surface area contributed by atoms with Crippen molar-refractivity contribution >= 4 is 52.3 Å². The number of guanidine groups is 1. The number of H-pyrrole nitrogens is 1. The molecule has 0 bridgehead atoms. The number of nitrogens with one attached hydrogen (secondary N) is 3. The fraction of sp³-hybridized carbons (Fsp3) is 0.353. The zero-order valence-corrected chi connectivity index (χ0v) is 17.5. The van der Waals surface area contributed by atoms with Crippen LogP contribution in [0.15, 0.2) is 35.5 Å². The van der Waals surface area contributed by atoms with E-state index < -0.39 is 0 Å². The van der Waals surface area contributed by atoms with Gasteiger partial charge in [-0.25, -0.2) is 9.97 Å². The maximum Gasteiger partial charge on any atom is 0.191 e. The molecule has 0 saturated carbocycles. The van der Waals surface area contributed by atoms with Crippen LogP contribution < -0.4 is 10.6 Å². The van der Waals surface area contributed by atoms with Gasteiger partial charge in [0.25, 0.3) is 0 Å². The second-order valence-corrected chi connectivity index (χ2v) is 6.84. The molecule has 8 heteroatoms. The lowest BCUT2D eigenvalue weighted by Crippen LogP contribution is -2.37. The number of hydrogen-bond donors (Lipinski definition) is 3. The summed E-state index contributed by atoms with van der Waals surface area (Å²) in [7, 11) is 1.78. The number of hydrogen-bond acceptors (Lipinski definition) is 4. The van der Waals surface area contributed by atoms with Gasteiger partial charge in [0.1, 0.15) is 10.8 Å². The molecule has 25 heavy (non-hydrogen) atoms. The molecule has 0 unspecified atom stereocenters. The Bertz CT molecular complexity index is 792. The van der Waals surface area contributed by atoms with E-state index in [2.05, 4.69) is 43.6 Å². The summed E-state index contributed by atoms with van der Waals surface area (Å²) in [6.45, 7) is 3.60. The number of nitrogens with zero attached hydrogens (tertiary/aromatic N) is 3. The van der Waals surface area contributed by atoms with Gasteiger partial charge in [-0.2, -0.15) is 0 Å². The zero-order valence-electron chi connectivity index (χ0n) is 14.4.